The smallest absolute Gasteiger partial charge is 0.0406 e. The highest BCUT2D eigenvalue weighted by atomic mass is 35.5. The lowest BCUT2D eigenvalue weighted by atomic mass is 9.97. The van der Waals surface area contributed by atoms with Crippen LogP contribution in [0.25, 0.3) is 0 Å². The van der Waals surface area contributed by atoms with Crippen molar-refractivity contribution in [3.05, 3.63) is 70.7 Å². The minimum atomic E-state index is 0.483. The summed E-state index contributed by atoms with van der Waals surface area (Å²) in [6, 6.07) is 19.5. The van der Waals surface area contributed by atoms with Gasteiger partial charge in [0.1, 0.15) is 0 Å². The molecule has 0 saturated carbocycles. The molecule has 0 amide bonds. The third kappa shape index (κ3) is 4.59. The number of hydrogen-bond acceptors (Lipinski definition) is 1. The van der Waals surface area contributed by atoms with Crippen LogP contribution in [0, 0.1) is 0 Å². The standard InChI is InChI=1S/C19H24ClN/c1-3-21(4-2)19(17-8-6-5-7-9-17)15-12-16-10-13-18(20)14-11-16/h5-11,13-14,19H,3-4,12,15H2,1-2H3. The minimum Gasteiger partial charge on any atom is -0.297 e. The Morgan fingerprint density at radius 1 is 0.905 bits per heavy atom. The molecule has 0 aliphatic heterocycles. The lowest BCUT2D eigenvalue weighted by molar-refractivity contribution is 0.208. The van der Waals surface area contributed by atoms with Gasteiger partial charge in [0.2, 0.25) is 0 Å². The summed E-state index contributed by atoms with van der Waals surface area (Å²) in [6.07, 6.45) is 2.21. The van der Waals surface area contributed by atoms with Gasteiger partial charge in [0.25, 0.3) is 0 Å². The number of aryl methyl sites for hydroxylation is 1. The molecule has 0 N–H and O–H groups in total. The lowest BCUT2D eigenvalue weighted by Crippen LogP contribution is -2.28. The molecular formula is C19H24ClN. The van der Waals surface area contributed by atoms with Gasteiger partial charge in [-0.15, -0.1) is 0 Å². The SMILES string of the molecule is CCN(CC)C(CCc1ccc(Cl)cc1)c1ccccc1. The summed E-state index contributed by atoms with van der Waals surface area (Å²) in [7, 11) is 0. The second kappa shape index (κ2) is 8.21. The minimum absolute atomic E-state index is 0.483. The van der Waals surface area contributed by atoms with Crippen LogP contribution in [0.3, 0.4) is 0 Å². The molecule has 112 valence electrons. The Bertz CT molecular complexity index is 517. The monoisotopic (exact) mass is 301 g/mol. The zero-order chi connectivity index (χ0) is 15.1. The summed E-state index contributed by atoms with van der Waals surface area (Å²) in [4.78, 5) is 2.53. The zero-order valence-electron chi connectivity index (χ0n) is 12.9. The van der Waals surface area contributed by atoms with E-state index in [1.165, 1.54) is 11.1 Å². The highest BCUT2D eigenvalue weighted by Gasteiger charge is 2.17. The molecule has 1 unspecified atom stereocenters. The molecule has 0 heterocycles. The Labute approximate surface area is 133 Å². The number of halogens is 1. The van der Waals surface area contributed by atoms with Crippen molar-refractivity contribution in [2.45, 2.75) is 32.7 Å². The van der Waals surface area contributed by atoms with E-state index in [4.69, 9.17) is 11.6 Å². The quantitative estimate of drug-likeness (QED) is 0.666. The maximum Gasteiger partial charge on any atom is 0.0406 e. The molecule has 0 saturated heterocycles. The summed E-state index contributed by atoms with van der Waals surface area (Å²) >= 11 is 5.96. The molecule has 0 aliphatic carbocycles. The van der Waals surface area contributed by atoms with Crippen LogP contribution in [0.2, 0.25) is 5.02 Å². The number of hydrogen-bond donors (Lipinski definition) is 0. The third-order valence-corrected chi connectivity index (χ3v) is 4.31. The summed E-state index contributed by atoms with van der Waals surface area (Å²) < 4.78 is 0. The second-order valence-corrected chi connectivity index (χ2v) is 5.75. The maximum absolute atomic E-state index is 5.96. The van der Waals surface area contributed by atoms with Crippen LogP contribution in [0.4, 0.5) is 0 Å². The van der Waals surface area contributed by atoms with Gasteiger partial charge in [0, 0.05) is 11.1 Å². The average molecular weight is 302 g/mol. The molecule has 0 fully saturated rings. The summed E-state index contributed by atoms with van der Waals surface area (Å²) in [5.41, 5.74) is 2.77. The van der Waals surface area contributed by atoms with Crippen LogP contribution in [0.15, 0.2) is 54.6 Å². The van der Waals surface area contributed by atoms with E-state index in [1.54, 1.807) is 0 Å². The van der Waals surface area contributed by atoms with Gasteiger partial charge in [-0.05, 0) is 49.2 Å². The van der Waals surface area contributed by atoms with E-state index in [0.717, 1.165) is 31.0 Å². The molecule has 2 aromatic rings. The van der Waals surface area contributed by atoms with Crippen LogP contribution < -0.4 is 0 Å². The van der Waals surface area contributed by atoms with Gasteiger partial charge < -0.3 is 0 Å². The zero-order valence-corrected chi connectivity index (χ0v) is 13.7. The van der Waals surface area contributed by atoms with Crippen LogP contribution >= 0.6 is 11.6 Å². The van der Waals surface area contributed by atoms with Crippen molar-refractivity contribution in [2.75, 3.05) is 13.1 Å². The topological polar surface area (TPSA) is 3.24 Å². The van der Waals surface area contributed by atoms with Crippen molar-refractivity contribution in [2.24, 2.45) is 0 Å². The van der Waals surface area contributed by atoms with Crippen LogP contribution in [-0.4, -0.2) is 18.0 Å². The molecule has 2 heteroatoms. The van der Waals surface area contributed by atoms with Gasteiger partial charge in [-0.3, -0.25) is 4.90 Å². The second-order valence-electron chi connectivity index (χ2n) is 5.31. The normalized spacial score (nSPS) is 12.6. The van der Waals surface area contributed by atoms with Crippen LogP contribution in [-0.2, 0) is 6.42 Å². The lowest BCUT2D eigenvalue weighted by Gasteiger charge is -2.30. The largest absolute Gasteiger partial charge is 0.297 e. The predicted molar refractivity (Wildman–Crippen MR) is 91.9 cm³/mol. The molecule has 0 aliphatic rings. The van der Waals surface area contributed by atoms with Crippen molar-refractivity contribution >= 4 is 11.6 Å². The van der Waals surface area contributed by atoms with Gasteiger partial charge in [-0.25, -0.2) is 0 Å². The Kier molecular flexibility index (Phi) is 6.28. The van der Waals surface area contributed by atoms with E-state index >= 15 is 0 Å². The van der Waals surface area contributed by atoms with Gasteiger partial charge in [0.15, 0.2) is 0 Å². The molecule has 1 atom stereocenters. The van der Waals surface area contributed by atoms with E-state index in [0.29, 0.717) is 6.04 Å². The Hall–Kier alpha value is -1.31. The Morgan fingerprint density at radius 3 is 2.10 bits per heavy atom. The van der Waals surface area contributed by atoms with Crippen molar-refractivity contribution in [3.8, 4) is 0 Å². The van der Waals surface area contributed by atoms with E-state index in [1.807, 2.05) is 12.1 Å². The van der Waals surface area contributed by atoms with Gasteiger partial charge in [-0.2, -0.15) is 0 Å². The molecule has 21 heavy (non-hydrogen) atoms. The fourth-order valence-corrected chi connectivity index (χ4v) is 2.98. The number of benzene rings is 2. The summed E-state index contributed by atoms with van der Waals surface area (Å²) in [6.45, 7) is 6.64. The van der Waals surface area contributed by atoms with Crippen LogP contribution in [0.1, 0.15) is 37.4 Å². The van der Waals surface area contributed by atoms with Crippen LogP contribution in [0.5, 0.6) is 0 Å². The molecule has 0 bridgehead atoms. The van der Waals surface area contributed by atoms with Crippen molar-refractivity contribution < 1.29 is 0 Å². The number of nitrogens with zero attached hydrogens (tertiary/aromatic N) is 1. The number of rotatable bonds is 7. The Morgan fingerprint density at radius 2 is 1.52 bits per heavy atom. The van der Waals surface area contributed by atoms with Gasteiger partial charge in [-0.1, -0.05) is 67.9 Å². The first kappa shape index (κ1) is 16.1. The van der Waals surface area contributed by atoms with Gasteiger partial charge >= 0.3 is 0 Å². The highest BCUT2D eigenvalue weighted by Crippen LogP contribution is 2.26. The molecule has 0 aromatic heterocycles. The first-order valence-electron chi connectivity index (χ1n) is 7.78. The maximum atomic E-state index is 5.96. The highest BCUT2D eigenvalue weighted by molar-refractivity contribution is 6.30. The first-order valence-corrected chi connectivity index (χ1v) is 8.15. The van der Waals surface area contributed by atoms with E-state index < -0.39 is 0 Å². The van der Waals surface area contributed by atoms with E-state index in [9.17, 15) is 0 Å². The fraction of sp³-hybridized carbons (Fsp3) is 0.368. The molecule has 0 radical (unpaired) electrons. The molecular weight excluding hydrogens is 278 g/mol. The molecule has 1 nitrogen and oxygen atoms in total. The van der Waals surface area contributed by atoms with E-state index in [-0.39, 0.29) is 0 Å². The first-order chi connectivity index (χ1) is 10.2. The Balaban J connectivity index is 2.10. The summed E-state index contributed by atoms with van der Waals surface area (Å²) in [5.74, 6) is 0. The summed E-state index contributed by atoms with van der Waals surface area (Å²) in [5, 5.41) is 0.808. The average Bonchev–Trinajstić information content (AvgIpc) is 2.54. The van der Waals surface area contributed by atoms with Crippen molar-refractivity contribution in [1.29, 1.82) is 0 Å². The predicted octanol–water partition coefficient (Wildman–Crippen LogP) is 5.36. The van der Waals surface area contributed by atoms with Crippen molar-refractivity contribution in [1.82, 2.24) is 4.90 Å². The molecule has 2 aromatic carbocycles. The fourth-order valence-electron chi connectivity index (χ4n) is 2.85. The molecule has 0 spiro atoms. The van der Waals surface area contributed by atoms with E-state index in [2.05, 4.69) is 61.2 Å². The third-order valence-electron chi connectivity index (χ3n) is 4.06. The van der Waals surface area contributed by atoms with Gasteiger partial charge in [0.05, 0.1) is 0 Å². The van der Waals surface area contributed by atoms with Crippen molar-refractivity contribution in [3.63, 3.8) is 0 Å². The molecule has 2 rings (SSSR count).